The molecule has 2 amide bonds. The van der Waals surface area contributed by atoms with E-state index < -0.39 is 6.04 Å². The molecule has 1 unspecified atom stereocenters. The highest BCUT2D eigenvalue weighted by Crippen LogP contribution is 2.23. The van der Waals surface area contributed by atoms with Crippen molar-refractivity contribution < 1.29 is 23.8 Å². The topological polar surface area (TPSA) is 77.1 Å². The summed E-state index contributed by atoms with van der Waals surface area (Å²) in [5.41, 5.74) is 0.763. The molecule has 1 fully saturated rings. The van der Waals surface area contributed by atoms with Crippen LogP contribution in [0.1, 0.15) is 12.5 Å². The second-order valence-corrected chi connectivity index (χ2v) is 5.65. The molecule has 136 valence electrons. The minimum atomic E-state index is -0.588. The zero-order chi connectivity index (χ0) is 18.2. The summed E-state index contributed by atoms with van der Waals surface area (Å²) in [7, 11) is 3.13. The van der Waals surface area contributed by atoms with Crippen molar-refractivity contribution in [3.63, 3.8) is 0 Å². The summed E-state index contributed by atoms with van der Waals surface area (Å²) in [6.07, 6.45) is 3.03. The zero-order valence-electron chi connectivity index (χ0n) is 14.8. The maximum absolute atomic E-state index is 12.3. The molecule has 1 atom stereocenters. The second-order valence-electron chi connectivity index (χ2n) is 5.65. The highest BCUT2D eigenvalue weighted by molar-refractivity contribution is 5.95. The Labute approximate surface area is 147 Å². The van der Waals surface area contributed by atoms with E-state index in [-0.39, 0.29) is 11.8 Å². The smallest absolute Gasteiger partial charge is 0.245 e. The summed E-state index contributed by atoms with van der Waals surface area (Å²) >= 11 is 0. The monoisotopic (exact) mass is 348 g/mol. The second kappa shape index (κ2) is 9.08. The Morgan fingerprint density at radius 3 is 2.32 bits per heavy atom. The molecule has 2 rings (SSSR count). The molecule has 25 heavy (non-hydrogen) atoms. The minimum absolute atomic E-state index is 0.104. The first-order chi connectivity index (χ1) is 12.0. The van der Waals surface area contributed by atoms with Crippen LogP contribution in [0, 0.1) is 0 Å². The van der Waals surface area contributed by atoms with Gasteiger partial charge in [0.2, 0.25) is 11.8 Å². The van der Waals surface area contributed by atoms with E-state index in [0.29, 0.717) is 37.8 Å². The fourth-order valence-electron chi connectivity index (χ4n) is 2.48. The summed E-state index contributed by atoms with van der Waals surface area (Å²) in [6, 6.07) is 4.74. The molecule has 0 aliphatic carbocycles. The molecule has 1 heterocycles. The predicted octanol–water partition coefficient (Wildman–Crippen LogP) is 1.08. The van der Waals surface area contributed by atoms with Crippen molar-refractivity contribution in [2.75, 3.05) is 40.5 Å². The average molecular weight is 348 g/mol. The Morgan fingerprint density at radius 2 is 1.76 bits per heavy atom. The lowest BCUT2D eigenvalue weighted by molar-refractivity contribution is -0.138. The number of methoxy groups -OCH3 is 2. The fourth-order valence-corrected chi connectivity index (χ4v) is 2.48. The molecule has 0 spiro atoms. The molecular weight excluding hydrogens is 324 g/mol. The SMILES string of the molecule is COc1cc(/C=C/C(=O)NC(C)C(=O)N2CCOCC2)cc(OC)c1. The van der Waals surface area contributed by atoms with Gasteiger partial charge < -0.3 is 24.4 Å². The van der Waals surface area contributed by atoms with Crippen molar-refractivity contribution in [1.29, 1.82) is 0 Å². The highest BCUT2D eigenvalue weighted by Gasteiger charge is 2.22. The molecule has 7 heteroatoms. The maximum Gasteiger partial charge on any atom is 0.245 e. The number of benzene rings is 1. The van der Waals surface area contributed by atoms with Gasteiger partial charge in [-0.2, -0.15) is 0 Å². The van der Waals surface area contributed by atoms with E-state index in [4.69, 9.17) is 14.2 Å². The summed E-state index contributed by atoms with van der Waals surface area (Å²) in [4.78, 5) is 26.0. The number of nitrogens with zero attached hydrogens (tertiary/aromatic N) is 1. The number of rotatable bonds is 6. The van der Waals surface area contributed by atoms with E-state index >= 15 is 0 Å². The first-order valence-corrected chi connectivity index (χ1v) is 8.11. The Morgan fingerprint density at radius 1 is 1.16 bits per heavy atom. The number of hydrogen-bond acceptors (Lipinski definition) is 5. The van der Waals surface area contributed by atoms with E-state index in [9.17, 15) is 9.59 Å². The first-order valence-electron chi connectivity index (χ1n) is 8.11. The van der Waals surface area contributed by atoms with Gasteiger partial charge in [0, 0.05) is 25.2 Å². The fraction of sp³-hybridized carbons (Fsp3) is 0.444. The van der Waals surface area contributed by atoms with Crippen molar-refractivity contribution in [2.24, 2.45) is 0 Å². The van der Waals surface area contributed by atoms with Crippen LogP contribution in [0.3, 0.4) is 0 Å². The van der Waals surface area contributed by atoms with Crippen LogP contribution in [0.25, 0.3) is 6.08 Å². The lowest BCUT2D eigenvalue weighted by atomic mass is 10.2. The van der Waals surface area contributed by atoms with Gasteiger partial charge in [-0.3, -0.25) is 9.59 Å². The van der Waals surface area contributed by atoms with Crippen LogP contribution in [0.5, 0.6) is 11.5 Å². The van der Waals surface area contributed by atoms with Crippen molar-refractivity contribution in [1.82, 2.24) is 10.2 Å². The number of morpholine rings is 1. The van der Waals surface area contributed by atoms with Crippen molar-refractivity contribution >= 4 is 17.9 Å². The third-order valence-electron chi connectivity index (χ3n) is 3.85. The van der Waals surface area contributed by atoms with Gasteiger partial charge in [0.05, 0.1) is 27.4 Å². The van der Waals surface area contributed by atoms with Crippen LogP contribution in [-0.2, 0) is 14.3 Å². The van der Waals surface area contributed by atoms with Crippen LogP contribution in [-0.4, -0.2) is 63.3 Å². The number of nitrogens with one attached hydrogen (secondary N) is 1. The van der Waals surface area contributed by atoms with Crippen LogP contribution in [0.2, 0.25) is 0 Å². The number of ether oxygens (including phenoxy) is 3. The maximum atomic E-state index is 12.3. The Kier molecular flexibility index (Phi) is 6.82. The lowest BCUT2D eigenvalue weighted by Gasteiger charge is -2.29. The van der Waals surface area contributed by atoms with E-state index in [1.807, 2.05) is 0 Å². The molecule has 7 nitrogen and oxygen atoms in total. The predicted molar refractivity (Wildman–Crippen MR) is 93.6 cm³/mol. The Bertz CT molecular complexity index is 616. The molecule has 0 radical (unpaired) electrons. The standard InChI is InChI=1S/C18H24N2O5/c1-13(18(22)20-6-8-25-9-7-20)19-17(21)5-4-14-10-15(23-2)12-16(11-14)24-3/h4-5,10-13H,6-9H2,1-3H3,(H,19,21)/b5-4+. The molecule has 1 aliphatic rings. The van der Waals surface area contributed by atoms with Crippen LogP contribution < -0.4 is 14.8 Å². The van der Waals surface area contributed by atoms with Crippen molar-refractivity contribution in [3.05, 3.63) is 29.8 Å². The third kappa shape index (κ3) is 5.49. The van der Waals surface area contributed by atoms with Crippen molar-refractivity contribution in [3.8, 4) is 11.5 Å². The molecule has 1 aliphatic heterocycles. The number of carbonyl (C=O) groups is 2. The summed E-state index contributed by atoms with van der Waals surface area (Å²) < 4.78 is 15.6. The first kappa shape index (κ1) is 18.8. The van der Waals surface area contributed by atoms with Gasteiger partial charge in [-0.1, -0.05) is 0 Å². The normalized spacial score (nSPS) is 15.7. The molecule has 1 aromatic carbocycles. The Hall–Kier alpha value is -2.54. The summed E-state index contributed by atoms with van der Waals surface area (Å²) in [5, 5.41) is 2.68. The van der Waals surface area contributed by atoms with Gasteiger partial charge >= 0.3 is 0 Å². The number of hydrogen-bond donors (Lipinski definition) is 1. The van der Waals surface area contributed by atoms with Gasteiger partial charge in [0.15, 0.2) is 0 Å². The van der Waals surface area contributed by atoms with E-state index in [0.717, 1.165) is 5.56 Å². The quantitative estimate of drug-likeness (QED) is 0.779. The van der Waals surface area contributed by atoms with Crippen LogP contribution >= 0.6 is 0 Å². The minimum Gasteiger partial charge on any atom is -0.497 e. The highest BCUT2D eigenvalue weighted by atomic mass is 16.5. The van der Waals surface area contributed by atoms with Gasteiger partial charge in [-0.25, -0.2) is 0 Å². The third-order valence-corrected chi connectivity index (χ3v) is 3.85. The largest absolute Gasteiger partial charge is 0.497 e. The van der Waals surface area contributed by atoms with Crippen LogP contribution in [0.15, 0.2) is 24.3 Å². The van der Waals surface area contributed by atoms with E-state index in [2.05, 4.69) is 5.32 Å². The average Bonchev–Trinajstić information content (AvgIpc) is 2.66. The molecular formula is C18H24N2O5. The van der Waals surface area contributed by atoms with E-state index in [1.165, 1.54) is 6.08 Å². The lowest BCUT2D eigenvalue weighted by Crippen LogP contribution is -2.50. The molecule has 0 aromatic heterocycles. The van der Waals surface area contributed by atoms with Gasteiger partial charge in [0.1, 0.15) is 17.5 Å². The number of carbonyl (C=O) groups excluding carboxylic acids is 2. The number of amides is 2. The van der Waals surface area contributed by atoms with Gasteiger partial charge in [-0.05, 0) is 30.7 Å². The zero-order valence-corrected chi connectivity index (χ0v) is 14.8. The molecule has 0 saturated carbocycles. The summed E-state index contributed by atoms with van der Waals surface area (Å²) in [5.74, 6) is 0.828. The Balaban J connectivity index is 1.94. The summed E-state index contributed by atoms with van der Waals surface area (Å²) in [6.45, 7) is 3.85. The molecule has 1 saturated heterocycles. The molecule has 1 aromatic rings. The van der Waals surface area contributed by atoms with E-state index in [1.54, 1.807) is 50.3 Å². The van der Waals surface area contributed by atoms with Gasteiger partial charge in [0.25, 0.3) is 0 Å². The molecule has 1 N–H and O–H groups in total. The van der Waals surface area contributed by atoms with Crippen molar-refractivity contribution in [2.45, 2.75) is 13.0 Å². The van der Waals surface area contributed by atoms with Crippen LogP contribution in [0.4, 0.5) is 0 Å². The molecule has 0 bridgehead atoms. The van der Waals surface area contributed by atoms with Gasteiger partial charge in [-0.15, -0.1) is 0 Å².